The van der Waals surface area contributed by atoms with E-state index in [1.807, 2.05) is 24.3 Å². The maximum atomic E-state index is 13.8. The Morgan fingerprint density at radius 3 is 2.53 bits per heavy atom. The van der Waals surface area contributed by atoms with Crippen LogP contribution >= 0.6 is 0 Å². The number of aliphatic carboxylic acids is 2. The number of ether oxygens (including phenoxy) is 2. The number of methoxy groups -OCH3 is 1. The molecule has 0 saturated carbocycles. The van der Waals surface area contributed by atoms with E-state index in [2.05, 4.69) is 4.90 Å². The molecule has 2 aliphatic rings. The van der Waals surface area contributed by atoms with Crippen LogP contribution in [0.15, 0.2) is 54.2 Å². The van der Waals surface area contributed by atoms with Crippen molar-refractivity contribution >= 4 is 11.9 Å². The number of nitrogens with zero attached hydrogens (tertiary/aromatic N) is 2. The van der Waals surface area contributed by atoms with Gasteiger partial charge in [0.15, 0.2) is 22.9 Å². The Bertz CT molecular complexity index is 1130. The molecule has 2 heterocycles. The molecular weight excluding hydrogens is 471 g/mol. The molecule has 0 amide bonds. The van der Waals surface area contributed by atoms with Crippen molar-refractivity contribution in [1.82, 2.24) is 9.96 Å². The highest BCUT2D eigenvalue weighted by Gasteiger charge is 2.42. The fraction of sp³-hybridized carbons (Fsp3) is 0.385. The van der Waals surface area contributed by atoms with E-state index in [0.29, 0.717) is 29.7 Å². The van der Waals surface area contributed by atoms with Gasteiger partial charge in [0.1, 0.15) is 5.82 Å². The quantitative estimate of drug-likeness (QED) is 0.373. The fourth-order valence-corrected chi connectivity index (χ4v) is 4.80. The predicted octanol–water partition coefficient (Wildman–Crippen LogP) is 3.72. The van der Waals surface area contributed by atoms with Crippen LogP contribution in [0.2, 0.25) is 0 Å². The lowest BCUT2D eigenvalue weighted by molar-refractivity contribution is -0.144. The molecule has 9 nitrogen and oxygen atoms in total. The van der Waals surface area contributed by atoms with E-state index < -0.39 is 29.5 Å². The molecule has 0 aromatic heterocycles. The number of piperidine rings is 1. The molecule has 4 rings (SSSR count). The van der Waals surface area contributed by atoms with Crippen molar-refractivity contribution in [3.05, 3.63) is 65.6 Å². The first-order chi connectivity index (χ1) is 17.4. The minimum Gasteiger partial charge on any atom is -0.493 e. The number of para-hydroxylation sites is 2. The maximum Gasteiger partial charge on any atom is 0.355 e. The van der Waals surface area contributed by atoms with Crippen molar-refractivity contribution in [3.8, 4) is 17.2 Å². The van der Waals surface area contributed by atoms with Crippen molar-refractivity contribution in [2.75, 3.05) is 33.4 Å². The maximum absolute atomic E-state index is 13.8. The summed E-state index contributed by atoms with van der Waals surface area (Å²) in [4.78, 5) is 31.1. The smallest absolute Gasteiger partial charge is 0.355 e. The molecule has 0 radical (unpaired) electrons. The highest BCUT2D eigenvalue weighted by atomic mass is 19.1. The van der Waals surface area contributed by atoms with E-state index >= 15 is 0 Å². The van der Waals surface area contributed by atoms with Crippen molar-refractivity contribution < 1.29 is 38.5 Å². The van der Waals surface area contributed by atoms with Crippen LogP contribution in [0, 0.1) is 11.7 Å². The Morgan fingerprint density at radius 1 is 1.14 bits per heavy atom. The molecule has 1 atom stereocenters. The Hall–Kier alpha value is -3.79. The molecule has 1 unspecified atom stereocenters. The summed E-state index contributed by atoms with van der Waals surface area (Å²) >= 11 is 0. The molecule has 192 valence electrons. The second-order valence-electron chi connectivity index (χ2n) is 8.75. The monoisotopic (exact) mass is 500 g/mol. The van der Waals surface area contributed by atoms with E-state index in [1.54, 1.807) is 13.2 Å². The van der Waals surface area contributed by atoms with Crippen LogP contribution < -0.4 is 14.3 Å². The number of fused-ring (bicyclic) bond motifs is 1. The number of hydrogen-bond donors (Lipinski definition) is 2. The van der Waals surface area contributed by atoms with Gasteiger partial charge in [0.2, 0.25) is 0 Å². The Labute approximate surface area is 208 Å². The lowest BCUT2D eigenvalue weighted by atomic mass is 9.85. The molecule has 1 saturated heterocycles. The second kappa shape index (κ2) is 11.3. The lowest BCUT2D eigenvalue weighted by Gasteiger charge is -2.37. The Morgan fingerprint density at radius 2 is 1.86 bits per heavy atom. The van der Waals surface area contributed by atoms with E-state index in [4.69, 9.17) is 14.3 Å². The normalized spacial score (nSPS) is 18.4. The van der Waals surface area contributed by atoms with E-state index in [-0.39, 0.29) is 11.7 Å². The predicted molar refractivity (Wildman–Crippen MR) is 127 cm³/mol. The van der Waals surface area contributed by atoms with Gasteiger partial charge in [-0.15, -0.1) is 0 Å². The first-order valence-electron chi connectivity index (χ1n) is 11.8. The molecule has 0 spiro atoms. The van der Waals surface area contributed by atoms with Crippen LogP contribution in [0.4, 0.5) is 4.39 Å². The number of hydrogen-bond acceptors (Lipinski definition) is 7. The van der Waals surface area contributed by atoms with Crippen LogP contribution in [-0.4, -0.2) is 65.5 Å². The summed E-state index contributed by atoms with van der Waals surface area (Å²) in [6.07, 6.45) is 2.92. The summed E-state index contributed by atoms with van der Waals surface area (Å²) in [5.41, 5.74) is 0.151. The second-order valence-corrected chi connectivity index (χ2v) is 8.75. The van der Waals surface area contributed by atoms with Gasteiger partial charge in [-0.1, -0.05) is 18.2 Å². The average Bonchev–Trinajstić information content (AvgIpc) is 3.23. The number of benzene rings is 2. The van der Waals surface area contributed by atoms with Gasteiger partial charge in [-0.3, -0.25) is 0 Å². The van der Waals surface area contributed by atoms with E-state index in [0.717, 1.165) is 44.0 Å². The topological polar surface area (TPSA) is 109 Å². The average molecular weight is 501 g/mol. The standard InChI is InChI=1S/C26H29FN2O7/c1-34-21-5-2-3-6-22(21)35-14-4-11-28-12-9-17(10-13-28)25-19-8-7-18(27)15-23(19)36-29(25)20(26(32)33)16-24(30)31/h2-3,5-8,15-17,25H,4,9-14H2,1H3,(H,30,31)(H,32,33). The van der Waals surface area contributed by atoms with Crippen molar-refractivity contribution in [3.63, 3.8) is 0 Å². The molecular formula is C26H29FN2O7. The zero-order valence-corrected chi connectivity index (χ0v) is 19.9. The number of hydroxylamine groups is 2. The van der Waals surface area contributed by atoms with Crippen LogP contribution in [0.3, 0.4) is 0 Å². The highest BCUT2D eigenvalue weighted by molar-refractivity contribution is 5.94. The van der Waals surface area contributed by atoms with Gasteiger partial charge in [-0.05, 0) is 56.5 Å². The van der Waals surface area contributed by atoms with Crippen LogP contribution in [0.25, 0.3) is 0 Å². The summed E-state index contributed by atoms with van der Waals surface area (Å²) in [6, 6.07) is 11.0. The first kappa shape index (κ1) is 25.3. The van der Waals surface area contributed by atoms with Crippen LogP contribution in [0.5, 0.6) is 17.2 Å². The van der Waals surface area contributed by atoms with Crippen LogP contribution in [-0.2, 0) is 9.59 Å². The minimum atomic E-state index is -1.43. The molecule has 0 aliphatic carbocycles. The third-order valence-electron chi connectivity index (χ3n) is 6.48. The van der Waals surface area contributed by atoms with Gasteiger partial charge in [-0.25, -0.2) is 14.0 Å². The van der Waals surface area contributed by atoms with Gasteiger partial charge in [-0.2, -0.15) is 5.06 Å². The molecule has 0 bridgehead atoms. The molecule has 36 heavy (non-hydrogen) atoms. The SMILES string of the molecule is COc1ccccc1OCCCN1CCC(C2c3ccc(F)cc3ON2C(=CC(=O)O)C(=O)O)CC1. The molecule has 2 aromatic carbocycles. The molecule has 2 N–H and O–H groups in total. The number of carboxylic acid groups (broad SMARTS) is 2. The van der Waals surface area contributed by atoms with E-state index in [9.17, 15) is 24.2 Å². The largest absolute Gasteiger partial charge is 0.493 e. The summed E-state index contributed by atoms with van der Waals surface area (Å²) in [7, 11) is 1.61. The number of likely N-dealkylation sites (tertiary alicyclic amines) is 1. The zero-order chi connectivity index (χ0) is 25.7. The minimum absolute atomic E-state index is 0.00524. The summed E-state index contributed by atoms with van der Waals surface area (Å²) in [5, 5.41) is 20.0. The lowest BCUT2D eigenvalue weighted by Crippen LogP contribution is -2.41. The zero-order valence-electron chi connectivity index (χ0n) is 19.9. The van der Waals surface area contributed by atoms with Gasteiger partial charge in [0.05, 0.1) is 25.8 Å². The van der Waals surface area contributed by atoms with Crippen molar-refractivity contribution in [2.24, 2.45) is 5.92 Å². The molecule has 10 heteroatoms. The Balaban J connectivity index is 1.38. The molecule has 2 aliphatic heterocycles. The van der Waals surface area contributed by atoms with Gasteiger partial charge < -0.3 is 29.4 Å². The van der Waals surface area contributed by atoms with Crippen molar-refractivity contribution in [2.45, 2.75) is 25.3 Å². The van der Waals surface area contributed by atoms with Crippen molar-refractivity contribution in [1.29, 1.82) is 0 Å². The number of carboxylic acids is 2. The van der Waals surface area contributed by atoms with Gasteiger partial charge >= 0.3 is 11.9 Å². The van der Waals surface area contributed by atoms with E-state index in [1.165, 1.54) is 12.1 Å². The van der Waals surface area contributed by atoms with Crippen LogP contribution in [0.1, 0.15) is 30.9 Å². The number of rotatable bonds is 10. The Kier molecular flexibility index (Phi) is 7.94. The fourth-order valence-electron chi connectivity index (χ4n) is 4.80. The van der Waals surface area contributed by atoms with Gasteiger partial charge in [0, 0.05) is 18.2 Å². The third-order valence-corrected chi connectivity index (χ3v) is 6.48. The number of halogens is 1. The summed E-state index contributed by atoms with van der Waals surface area (Å²) in [5.74, 6) is -1.75. The first-order valence-corrected chi connectivity index (χ1v) is 11.8. The molecule has 1 fully saturated rings. The van der Waals surface area contributed by atoms with Gasteiger partial charge in [0.25, 0.3) is 0 Å². The molecule has 2 aromatic rings. The summed E-state index contributed by atoms with van der Waals surface area (Å²) < 4.78 is 25.0. The number of carbonyl (C=O) groups is 2. The summed E-state index contributed by atoms with van der Waals surface area (Å²) in [6.45, 7) is 2.95. The third kappa shape index (κ3) is 5.71. The highest BCUT2D eigenvalue weighted by Crippen LogP contribution is 2.46.